The summed E-state index contributed by atoms with van der Waals surface area (Å²) in [5.41, 5.74) is 3.95. The fourth-order valence-electron chi connectivity index (χ4n) is 4.31. The smallest absolute Gasteiger partial charge is 0.253 e. The number of carbonyl (C=O) groups is 1. The number of para-hydroxylation sites is 2. The molecule has 0 saturated carbocycles. The molecule has 6 nitrogen and oxygen atoms in total. The maximum atomic E-state index is 13.1. The molecule has 0 atom stereocenters. The fourth-order valence-corrected chi connectivity index (χ4v) is 4.31. The van der Waals surface area contributed by atoms with Crippen LogP contribution in [0.5, 0.6) is 11.5 Å². The Bertz CT molecular complexity index is 1290. The number of amides is 1. The number of hydrogen-bond donors (Lipinski definition) is 0. The van der Waals surface area contributed by atoms with E-state index in [9.17, 15) is 4.79 Å². The average Bonchev–Trinajstić information content (AvgIpc) is 3.18. The Morgan fingerprint density at radius 3 is 2.73 bits per heavy atom. The minimum Gasteiger partial charge on any atom is -0.454 e. The number of nitriles is 1. The number of benzene rings is 3. The van der Waals surface area contributed by atoms with Gasteiger partial charge >= 0.3 is 0 Å². The quantitative estimate of drug-likeness (QED) is 0.544. The first kappa shape index (κ1) is 20.8. The second kappa shape index (κ2) is 8.79. The molecular weight excluding hydrogens is 412 g/mol. The zero-order chi connectivity index (χ0) is 22.8. The first-order valence-electron chi connectivity index (χ1n) is 11.1. The van der Waals surface area contributed by atoms with Crippen molar-refractivity contribution in [2.24, 2.45) is 4.99 Å². The summed E-state index contributed by atoms with van der Waals surface area (Å²) in [6, 6.07) is 23.0. The molecule has 2 aliphatic heterocycles. The average molecular weight is 437 g/mol. The molecule has 3 aromatic carbocycles. The van der Waals surface area contributed by atoms with Crippen LogP contribution < -0.4 is 4.74 Å². The predicted octanol–water partition coefficient (Wildman–Crippen LogP) is 4.90. The third kappa shape index (κ3) is 4.18. The van der Waals surface area contributed by atoms with Gasteiger partial charge in [-0.25, -0.2) is 4.99 Å². The van der Waals surface area contributed by atoms with Gasteiger partial charge in [-0.2, -0.15) is 5.26 Å². The van der Waals surface area contributed by atoms with Gasteiger partial charge in [0, 0.05) is 31.7 Å². The molecule has 1 amide bonds. The standard InChI is InChI=1S/C27H24N4O2/c1-19-10-11-24-22(16-19)26(29-23-8-2-3-9-25(23)33-24)30-12-5-13-31(15-14-30)27(32)21-7-4-6-20(17-21)18-28/h2-4,6-11,16-17H,5,12-15H2,1H3. The highest BCUT2D eigenvalue weighted by atomic mass is 16.5. The first-order valence-corrected chi connectivity index (χ1v) is 11.1. The van der Waals surface area contributed by atoms with Crippen LogP contribution in [0.1, 0.15) is 33.5 Å². The largest absolute Gasteiger partial charge is 0.454 e. The Hall–Kier alpha value is -4.11. The monoisotopic (exact) mass is 436 g/mol. The molecule has 2 aliphatic rings. The third-order valence-corrected chi connectivity index (χ3v) is 6.01. The summed E-state index contributed by atoms with van der Waals surface area (Å²) in [5, 5.41) is 9.17. The van der Waals surface area contributed by atoms with Crippen molar-refractivity contribution >= 4 is 17.4 Å². The number of fused-ring (bicyclic) bond motifs is 2. The zero-order valence-corrected chi connectivity index (χ0v) is 18.5. The molecule has 0 bridgehead atoms. The number of amidine groups is 1. The van der Waals surface area contributed by atoms with Crippen LogP contribution in [0.3, 0.4) is 0 Å². The van der Waals surface area contributed by atoms with E-state index in [0.717, 1.165) is 47.1 Å². The second-order valence-electron chi connectivity index (χ2n) is 8.33. The Balaban J connectivity index is 1.44. The van der Waals surface area contributed by atoms with E-state index in [-0.39, 0.29) is 5.91 Å². The second-order valence-corrected chi connectivity index (χ2v) is 8.33. The minimum atomic E-state index is -0.0401. The molecule has 3 aromatic rings. The van der Waals surface area contributed by atoms with Crippen LogP contribution in [0.15, 0.2) is 71.7 Å². The number of aryl methyl sites for hydroxylation is 1. The lowest BCUT2D eigenvalue weighted by molar-refractivity contribution is 0.0764. The molecule has 0 radical (unpaired) electrons. The topological polar surface area (TPSA) is 68.9 Å². The molecular formula is C27H24N4O2. The van der Waals surface area contributed by atoms with E-state index in [1.54, 1.807) is 24.3 Å². The van der Waals surface area contributed by atoms with Crippen LogP contribution in [0, 0.1) is 18.3 Å². The molecule has 6 heteroatoms. The lowest BCUT2D eigenvalue weighted by Gasteiger charge is -2.25. The summed E-state index contributed by atoms with van der Waals surface area (Å²) in [5.74, 6) is 2.36. The van der Waals surface area contributed by atoms with E-state index in [0.29, 0.717) is 30.8 Å². The Kier molecular flexibility index (Phi) is 5.54. The summed E-state index contributed by atoms with van der Waals surface area (Å²) < 4.78 is 6.22. The van der Waals surface area contributed by atoms with E-state index in [4.69, 9.17) is 15.0 Å². The summed E-state index contributed by atoms with van der Waals surface area (Å²) in [6.45, 7) is 4.76. The van der Waals surface area contributed by atoms with Crippen molar-refractivity contribution in [3.05, 3.63) is 89.0 Å². The van der Waals surface area contributed by atoms with Crippen molar-refractivity contribution in [3.8, 4) is 17.6 Å². The number of carbonyl (C=O) groups excluding carboxylic acids is 1. The van der Waals surface area contributed by atoms with Gasteiger partial charge in [0.1, 0.15) is 17.3 Å². The lowest BCUT2D eigenvalue weighted by Crippen LogP contribution is -2.37. The highest BCUT2D eigenvalue weighted by molar-refractivity contribution is 6.04. The van der Waals surface area contributed by atoms with Crippen molar-refractivity contribution in [1.82, 2.24) is 9.80 Å². The molecule has 0 aromatic heterocycles. The maximum Gasteiger partial charge on any atom is 0.253 e. The molecule has 5 rings (SSSR count). The summed E-state index contributed by atoms with van der Waals surface area (Å²) in [6.07, 6.45) is 0.826. The minimum absolute atomic E-state index is 0.0401. The number of hydrogen-bond acceptors (Lipinski definition) is 5. The van der Waals surface area contributed by atoms with Crippen molar-refractivity contribution in [2.45, 2.75) is 13.3 Å². The van der Waals surface area contributed by atoms with Crippen LogP contribution in [0.4, 0.5) is 5.69 Å². The maximum absolute atomic E-state index is 13.1. The Morgan fingerprint density at radius 2 is 1.85 bits per heavy atom. The molecule has 164 valence electrons. The number of rotatable bonds is 1. The predicted molar refractivity (Wildman–Crippen MR) is 127 cm³/mol. The molecule has 0 N–H and O–H groups in total. The van der Waals surface area contributed by atoms with Crippen LogP contribution in [0.25, 0.3) is 0 Å². The van der Waals surface area contributed by atoms with Crippen LogP contribution in [-0.2, 0) is 0 Å². The Morgan fingerprint density at radius 1 is 0.970 bits per heavy atom. The molecule has 0 unspecified atom stereocenters. The van der Waals surface area contributed by atoms with Crippen molar-refractivity contribution in [3.63, 3.8) is 0 Å². The lowest BCUT2D eigenvalue weighted by atomic mass is 10.1. The van der Waals surface area contributed by atoms with Crippen molar-refractivity contribution in [2.75, 3.05) is 26.2 Å². The molecule has 0 spiro atoms. The van der Waals surface area contributed by atoms with Gasteiger partial charge in [0.25, 0.3) is 5.91 Å². The van der Waals surface area contributed by atoms with E-state index >= 15 is 0 Å². The van der Waals surface area contributed by atoms with Gasteiger partial charge in [0.2, 0.25) is 0 Å². The zero-order valence-electron chi connectivity index (χ0n) is 18.5. The first-order chi connectivity index (χ1) is 16.1. The molecule has 1 saturated heterocycles. The summed E-state index contributed by atoms with van der Waals surface area (Å²) >= 11 is 0. The van der Waals surface area contributed by atoms with Crippen LogP contribution in [-0.4, -0.2) is 47.7 Å². The van der Waals surface area contributed by atoms with E-state index < -0.39 is 0 Å². The molecule has 2 heterocycles. The Labute approximate surface area is 193 Å². The van der Waals surface area contributed by atoms with Crippen LogP contribution >= 0.6 is 0 Å². The SMILES string of the molecule is Cc1ccc2c(c1)C(N1CCCN(C(=O)c3cccc(C#N)c3)CC1)=Nc1ccccc1O2. The van der Waals surface area contributed by atoms with Crippen molar-refractivity contribution in [1.29, 1.82) is 5.26 Å². The van der Waals surface area contributed by atoms with Gasteiger partial charge < -0.3 is 14.5 Å². The molecule has 33 heavy (non-hydrogen) atoms. The highest BCUT2D eigenvalue weighted by Crippen LogP contribution is 2.38. The number of nitrogens with zero attached hydrogens (tertiary/aromatic N) is 4. The number of ether oxygens (including phenoxy) is 1. The summed E-state index contributed by atoms with van der Waals surface area (Å²) in [7, 11) is 0. The van der Waals surface area contributed by atoms with Crippen molar-refractivity contribution < 1.29 is 9.53 Å². The molecule has 0 aliphatic carbocycles. The van der Waals surface area contributed by atoms with Gasteiger partial charge in [-0.05, 0) is 55.8 Å². The van der Waals surface area contributed by atoms with E-state index in [1.807, 2.05) is 41.3 Å². The third-order valence-electron chi connectivity index (χ3n) is 6.01. The highest BCUT2D eigenvalue weighted by Gasteiger charge is 2.26. The van der Waals surface area contributed by atoms with Gasteiger partial charge in [0.15, 0.2) is 5.75 Å². The fraction of sp³-hybridized carbons (Fsp3) is 0.222. The van der Waals surface area contributed by atoms with Gasteiger partial charge in [-0.15, -0.1) is 0 Å². The van der Waals surface area contributed by atoms with Gasteiger partial charge in [-0.1, -0.05) is 29.8 Å². The molecule has 1 fully saturated rings. The van der Waals surface area contributed by atoms with E-state index in [1.165, 1.54) is 0 Å². The van der Waals surface area contributed by atoms with Gasteiger partial charge in [0.05, 0.1) is 17.2 Å². The number of aliphatic imine (C=N–C) groups is 1. The normalized spacial score (nSPS) is 15.2. The van der Waals surface area contributed by atoms with E-state index in [2.05, 4.69) is 24.0 Å². The summed E-state index contributed by atoms with van der Waals surface area (Å²) in [4.78, 5) is 22.3. The van der Waals surface area contributed by atoms with Gasteiger partial charge in [-0.3, -0.25) is 4.79 Å². The van der Waals surface area contributed by atoms with Crippen LogP contribution in [0.2, 0.25) is 0 Å².